The number of hydrogen-bond acceptors (Lipinski definition) is 4. The molecule has 0 fully saturated rings. The quantitative estimate of drug-likeness (QED) is 0.653. The number of aryl methyl sites for hydroxylation is 1. The van der Waals surface area contributed by atoms with Crippen molar-refractivity contribution in [1.82, 2.24) is 0 Å². The van der Waals surface area contributed by atoms with E-state index in [0.717, 1.165) is 6.07 Å². The van der Waals surface area contributed by atoms with Crippen molar-refractivity contribution in [3.8, 4) is 5.75 Å². The van der Waals surface area contributed by atoms with E-state index in [9.17, 15) is 27.9 Å². The Balaban J connectivity index is 2.08. The molecule has 25 heavy (non-hydrogen) atoms. The summed E-state index contributed by atoms with van der Waals surface area (Å²) in [6.07, 6.45) is -1.37. The highest BCUT2D eigenvalue weighted by Gasteiger charge is 2.23. The molecule has 2 N–H and O–H groups in total. The Bertz CT molecular complexity index is 839. The Kier molecular flexibility index (Phi) is 5.31. The zero-order chi connectivity index (χ0) is 18.7. The zero-order valence-corrected chi connectivity index (χ0v) is 13.3. The molecule has 0 saturated carbocycles. The molecular formula is C17H14F3NO4. The number of hydrogen-bond donors (Lipinski definition) is 2. The minimum absolute atomic E-state index is 0.149. The number of halogens is 3. The number of phenolic OH excluding ortho intramolecular Hbond substituents is 1. The molecule has 0 unspecified atom stereocenters. The number of aromatic hydroxyl groups is 1. The molecule has 5 nitrogen and oxygen atoms in total. The number of carbonyl (C=O) groups is 2. The number of anilines is 1. The Labute approximate surface area is 141 Å². The van der Waals surface area contributed by atoms with E-state index in [0.29, 0.717) is 11.6 Å². The number of nitrogens with one attached hydrogen (secondary N) is 1. The van der Waals surface area contributed by atoms with Gasteiger partial charge in [0.2, 0.25) is 0 Å². The number of esters is 1. The average Bonchev–Trinajstić information content (AvgIpc) is 2.55. The van der Waals surface area contributed by atoms with Crippen molar-refractivity contribution in [2.24, 2.45) is 0 Å². The Morgan fingerprint density at radius 3 is 2.44 bits per heavy atom. The third-order valence-electron chi connectivity index (χ3n) is 3.32. The van der Waals surface area contributed by atoms with Gasteiger partial charge in [0.25, 0.3) is 5.91 Å². The van der Waals surface area contributed by atoms with Gasteiger partial charge in [-0.1, -0.05) is 6.07 Å². The van der Waals surface area contributed by atoms with Crippen molar-refractivity contribution < 1.29 is 32.6 Å². The van der Waals surface area contributed by atoms with E-state index < -0.39 is 41.1 Å². The normalized spacial score (nSPS) is 11.7. The van der Waals surface area contributed by atoms with Crippen molar-refractivity contribution in [2.45, 2.75) is 20.0 Å². The van der Waals surface area contributed by atoms with Gasteiger partial charge in [-0.05, 0) is 43.7 Å². The minimum atomic E-state index is -1.73. The molecule has 0 radical (unpaired) electrons. The SMILES string of the molecule is Cc1ccc(C(=O)O[C@@H](C)C(=O)Nc2ccc(F)c(F)c2F)c(O)c1. The molecule has 132 valence electrons. The molecule has 2 aromatic carbocycles. The maximum absolute atomic E-state index is 13.5. The van der Waals surface area contributed by atoms with Crippen LogP contribution in [0.15, 0.2) is 30.3 Å². The van der Waals surface area contributed by atoms with Gasteiger partial charge in [-0.25, -0.2) is 18.0 Å². The summed E-state index contributed by atoms with van der Waals surface area (Å²) in [7, 11) is 0. The maximum atomic E-state index is 13.5. The standard InChI is InChI=1S/C17H14F3NO4/c1-8-3-4-10(13(22)7-8)17(24)25-9(2)16(23)21-12-6-5-11(18)14(19)15(12)20/h3-7,9,22H,1-2H3,(H,21,23)/t9-/m0/s1. The lowest BCUT2D eigenvalue weighted by Gasteiger charge is -2.14. The van der Waals surface area contributed by atoms with E-state index in [1.807, 2.05) is 5.32 Å². The van der Waals surface area contributed by atoms with Gasteiger partial charge in [-0.3, -0.25) is 4.79 Å². The number of ether oxygens (including phenoxy) is 1. The maximum Gasteiger partial charge on any atom is 0.342 e. The molecule has 2 rings (SSSR count). The summed E-state index contributed by atoms with van der Waals surface area (Å²) in [6.45, 7) is 2.91. The first-order valence-electron chi connectivity index (χ1n) is 7.15. The summed E-state index contributed by atoms with van der Waals surface area (Å²) >= 11 is 0. The largest absolute Gasteiger partial charge is 0.507 e. The smallest absolute Gasteiger partial charge is 0.342 e. The second kappa shape index (κ2) is 7.25. The molecule has 0 aliphatic rings. The van der Waals surface area contributed by atoms with E-state index in [4.69, 9.17) is 4.74 Å². The molecule has 0 bridgehead atoms. The molecule has 0 heterocycles. The van der Waals surface area contributed by atoms with E-state index in [2.05, 4.69) is 0 Å². The predicted octanol–water partition coefficient (Wildman–Crippen LogP) is 3.30. The van der Waals surface area contributed by atoms with E-state index >= 15 is 0 Å². The zero-order valence-electron chi connectivity index (χ0n) is 13.3. The van der Waals surface area contributed by atoms with Crippen LogP contribution >= 0.6 is 0 Å². The number of carbonyl (C=O) groups excluding carboxylic acids is 2. The van der Waals surface area contributed by atoms with Crippen LogP contribution in [-0.4, -0.2) is 23.1 Å². The van der Waals surface area contributed by atoms with Crippen molar-refractivity contribution in [2.75, 3.05) is 5.32 Å². The van der Waals surface area contributed by atoms with Gasteiger partial charge >= 0.3 is 5.97 Å². The third kappa shape index (κ3) is 4.09. The van der Waals surface area contributed by atoms with Crippen LogP contribution in [0.2, 0.25) is 0 Å². The lowest BCUT2D eigenvalue weighted by atomic mass is 10.1. The van der Waals surface area contributed by atoms with Crippen LogP contribution in [0.4, 0.5) is 18.9 Å². The van der Waals surface area contributed by atoms with Crippen molar-refractivity contribution in [1.29, 1.82) is 0 Å². The van der Waals surface area contributed by atoms with Gasteiger partial charge in [0, 0.05) is 0 Å². The van der Waals surface area contributed by atoms with Crippen molar-refractivity contribution in [3.05, 3.63) is 58.9 Å². The molecule has 1 amide bonds. The molecule has 0 aromatic heterocycles. The first kappa shape index (κ1) is 18.3. The summed E-state index contributed by atoms with van der Waals surface area (Å²) in [6, 6.07) is 5.73. The first-order chi connectivity index (χ1) is 11.7. The summed E-state index contributed by atoms with van der Waals surface area (Å²) in [5.74, 6) is -6.93. The number of rotatable bonds is 4. The van der Waals surface area contributed by atoms with Crippen LogP contribution in [0.3, 0.4) is 0 Å². The highest BCUT2D eigenvalue weighted by atomic mass is 19.2. The van der Waals surface area contributed by atoms with Gasteiger partial charge in [0.05, 0.1) is 5.69 Å². The lowest BCUT2D eigenvalue weighted by molar-refractivity contribution is -0.123. The van der Waals surface area contributed by atoms with Gasteiger partial charge < -0.3 is 15.2 Å². The van der Waals surface area contributed by atoms with Crippen molar-refractivity contribution in [3.63, 3.8) is 0 Å². The number of phenols is 1. The third-order valence-corrected chi connectivity index (χ3v) is 3.32. The van der Waals surface area contributed by atoms with Crippen LogP contribution in [0.1, 0.15) is 22.8 Å². The van der Waals surface area contributed by atoms with Crippen LogP contribution in [-0.2, 0) is 9.53 Å². The first-order valence-corrected chi connectivity index (χ1v) is 7.15. The topological polar surface area (TPSA) is 75.6 Å². The highest BCUT2D eigenvalue weighted by Crippen LogP contribution is 2.21. The van der Waals surface area contributed by atoms with Gasteiger partial charge in [0.15, 0.2) is 23.6 Å². The molecule has 1 atom stereocenters. The molecular weight excluding hydrogens is 339 g/mol. The number of benzene rings is 2. The minimum Gasteiger partial charge on any atom is -0.507 e. The van der Waals surface area contributed by atoms with Crippen molar-refractivity contribution >= 4 is 17.6 Å². The summed E-state index contributed by atoms with van der Waals surface area (Å²) < 4.78 is 44.4. The predicted molar refractivity (Wildman–Crippen MR) is 82.7 cm³/mol. The Hall–Kier alpha value is -3.03. The van der Waals surface area contributed by atoms with Gasteiger partial charge in [-0.15, -0.1) is 0 Å². The molecule has 0 aliphatic carbocycles. The average molecular weight is 353 g/mol. The van der Waals surface area contributed by atoms with Gasteiger partial charge in [-0.2, -0.15) is 0 Å². The van der Waals surface area contributed by atoms with Crippen LogP contribution < -0.4 is 5.32 Å². The second-order valence-corrected chi connectivity index (χ2v) is 5.28. The van der Waals surface area contributed by atoms with E-state index in [-0.39, 0.29) is 11.3 Å². The van der Waals surface area contributed by atoms with Gasteiger partial charge in [0.1, 0.15) is 11.3 Å². The molecule has 2 aromatic rings. The Morgan fingerprint density at radius 2 is 1.80 bits per heavy atom. The summed E-state index contributed by atoms with van der Waals surface area (Å²) in [5.41, 5.74) is -0.0251. The fraction of sp³-hybridized carbons (Fsp3) is 0.176. The second-order valence-electron chi connectivity index (χ2n) is 5.28. The fourth-order valence-electron chi connectivity index (χ4n) is 1.95. The molecule has 0 aliphatic heterocycles. The highest BCUT2D eigenvalue weighted by molar-refractivity contribution is 5.98. The van der Waals surface area contributed by atoms with E-state index in [1.165, 1.54) is 19.1 Å². The summed E-state index contributed by atoms with van der Waals surface area (Å²) in [4.78, 5) is 23.9. The Morgan fingerprint density at radius 1 is 1.12 bits per heavy atom. The molecule has 0 saturated heterocycles. The molecule has 8 heteroatoms. The number of amides is 1. The van der Waals surface area contributed by atoms with Crippen LogP contribution in [0, 0.1) is 24.4 Å². The lowest BCUT2D eigenvalue weighted by Crippen LogP contribution is -2.30. The van der Waals surface area contributed by atoms with E-state index in [1.54, 1.807) is 13.0 Å². The fourth-order valence-corrected chi connectivity index (χ4v) is 1.95. The van der Waals surface area contributed by atoms with Crippen LogP contribution in [0.25, 0.3) is 0 Å². The monoisotopic (exact) mass is 353 g/mol. The summed E-state index contributed by atoms with van der Waals surface area (Å²) in [5, 5.41) is 11.7. The van der Waals surface area contributed by atoms with Crippen LogP contribution in [0.5, 0.6) is 5.75 Å². The molecule has 0 spiro atoms.